The van der Waals surface area contributed by atoms with E-state index in [-0.39, 0.29) is 0 Å². The van der Waals surface area contributed by atoms with Gasteiger partial charge in [0.25, 0.3) is 0 Å². The molecular weight excluding hydrogens is 268 g/mol. The number of nitrogens with zero attached hydrogens (tertiary/aromatic N) is 1. The van der Waals surface area contributed by atoms with E-state index >= 15 is 0 Å². The fourth-order valence-corrected chi connectivity index (χ4v) is 5.98. The lowest BCUT2D eigenvalue weighted by molar-refractivity contribution is -0.0444. The fourth-order valence-electron chi connectivity index (χ4n) is 5.98. The summed E-state index contributed by atoms with van der Waals surface area (Å²) >= 11 is 0. The van der Waals surface area contributed by atoms with Gasteiger partial charge in [-0.05, 0) is 86.0 Å². The highest BCUT2D eigenvalue weighted by Gasteiger charge is 2.50. The standard InChI is InChI=1S/C20H24N2/c1-2-17-9-18(3-4-19(17)21-5-1)22-13-20-10-14-6-15(11-20)8-16(7-14)12-20/h1-5,9,14-16,22H,6-8,10-13H2. The topological polar surface area (TPSA) is 24.9 Å². The van der Waals surface area contributed by atoms with E-state index in [0.717, 1.165) is 23.3 Å². The van der Waals surface area contributed by atoms with Gasteiger partial charge in [0.2, 0.25) is 0 Å². The van der Waals surface area contributed by atoms with Crippen molar-refractivity contribution in [2.75, 3.05) is 11.9 Å². The maximum absolute atomic E-state index is 4.41. The van der Waals surface area contributed by atoms with Gasteiger partial charge >= 0.3 is 0 Å². The van der Waals surface area contributed by atoms with Gasteiger partial charge in [-0.25, -0.2) is 0 Å². The molecule has 1 aromatic heterocycles. The molecule has 2 heteroatoms. The van der Waals surface area contributed by atoms with Crippen molar-refractivity contribution in [2.45, 2.75) is 38.5 Å². The van der Waals surface area contributed by atoms with Crippen molar-refractivity contribution in [3.63, 3.8) is 0 Å². The van der Waals surface area contributed by atoms with Crippen LogP contribution in [0, 0.1) is 23.2 Å². The molecule has 0 aliphatic heterocycles. The van der Waals surface area contributed by atoms with Crippen molar-refractivity contribution < 1.29 is 0 Å². The van der Waals surface area contributed by atoms with E-state index in [0.29, 0.717) is 5.41 Å². The molecule has 2 aromatic rings. The van der Waals surface area contributed by atoms with Crippen LogP contribution in [0.4, 0.5) is 5.69 Å². The van der Waals surface area contributed by atoms with E-state index in [4.69, 9.17) is 0 Å². The zero-order chi connectivity index (χ0) is 14.6. The maximum atomic E-state index is 4.41. The van der Waals surface area contributed by atoms with Gasteiger partial charge in [0.05, 0.1) is 5.52 Å². The molecule has 2 nitrogen and oxygen atoms in total. The number of anilines is 1. The molecule has 0 saturated heterocycles. The summed E-state index contributed by atoms with van der Waals surface area (Å²) in [6.45, 7) is 1.17. The highest BCUT2D eigenvalue weighted by molar-refractivity contribution is 5.82. The Morgan fingerprint density at radius 1 is 1.00 bits per heavy atom. The molecule has 1 heterocycles. The van der Waals surface area contributed by atoms with Gasteiger partial charge in [0, 0.05) is 23.8 Å². The molecule has 0 spiro atoms. The lowest BCUT2D eigenvalue weighted by Crippen LogP contribution is -2.49. The Kier molecular flexibility index (Phi) is 2.77. The quantitative estimate of drug-likeness (QED) is 0.873. The minimum atomic E-state index is 0.596. The third-order valence-corrected chi connectivity index (χ3v) is 6.44. The molecule has 0 amide bonds. The number of rotatable bonds is 3. The van der Waals surface area contributed by atoms with E-state index in [1.165, 1.54) is 56.1 Å². The van der Waals surface area contributed by atoms with Crippen LogP contribution in [0.1, 0.15) is 38.5 Å². The lowest BCUT2D eigenvalue weighted by Gasteiger charge is -2.57. The first-order valence-corrected chi connectivity index (χ1v) is 8.87. The van der Waals surface area contributed by atoms with E-state index in [2.05, 4.69) is 34.6 Å². The zero-order valence-electron chi connectivity index (χ0n) is 13.1. The smallest absolute Gasteiger partial charge is 0.0703 e. The summed E-state index contributed by atoms with van der Waals surface area (Å²) in [7, 11) is 0. The SMILES string of the molecule is c1cnc2ccc(NCC34CC5CC(CC(C5)C3)C4)cc2c1. The highest BCUT2D eigenvalue weighted by Crippen LogP contribution is 2.59. The molecule has 22 heavy (non-hydrogen) atoms. The first-order chi connectivity index (χ1) is 10.8. The van der Waals surface area contributed by atoms with Crippen molar-refractivity contribution in [2.24, 2.45) is 23.2 Å². The zero-order valence-corrected chi connectivity index (χ0v) is 13.1. The van der Waals surface area contributed by atoms with E-state index < -0.39 is 0 Å². The Morgan fingerprint density at radius 2 is 1.73 bits per heavy atom. The van der Waals surface area contributed by atoms with Gasteiger partial charge in [-0.3, -0.25) is 4.98 Å². The summed E-state index contributed by atoms with van der Waals surface area (Å²) in [5, 5.41) is 5.00. The van der Waals surface area contributed by atoms with Crippen LogP contribution < -0.4 is 5.32 Å². The molecule has 0 unspecified atom stereocenters. The Hall–Kier alpha value is -1.57. The predicted molar refractivity (Wildman–Crippen MR) is 90.8 cm³/mol. The number of fused-ring (bicyclic) bond motifs is 1. The van der Waals surface area contributed by atoms with Crippen molar-refractivity contribution in [1.29, 1.82) is 0 Å². The van der Waals surface area contributed by atoms with Crippen LogP contribution in [0.2, 0.25) is 0 Å². The molecular formula is C20H24N2. The van der Waals surface area contributed by atoms with Gasteiger partial charge in [0.15, 0.2) is 0 Å². The molecule has 0 radical (unpaired) electrons. The Morgan fingerprint density at radius 3 is 2.45 bits per heavy atom. The van der Waals surface area contributed by atoms with E-state index in [1.54, 1.807) is 0 Å². The van der Waals surface area contributed by atoms with Gasteiger partial charge in [-0.2, -0.15) is 0 Å². The Balaban J connectivity index is 1.35. The second-order valence-corrected chi connectivity index (χ2v) is 8.18. The number of pyridine rings is 1. The molecule has 114 valence electrons. The molecule has 4 aliphatic rings. The average Bonchev–Trinajstić information content (AvgIpc) is 2.52. The Labute approximate surface area is 132 Å². The lowest BCUT2D eigenvalue weighted by atomic mass is 9.49. The van der Waals surface area contributed by atoms with Crippen LogP contribution in [0.15, 0.2) is 36.5 Å². The maximum Gasteiger partial charge on any atom is 0.0703 e. The predicted octanol–water partition coefficient (Wildman–Crippen LogP) is 4.86. The third kappa shape index (κ3) is 2.12. The minimum Gasteiger partial charge on any atom is -0.384 e. The molecule has 4 aliphatic carbocycles. The first-order valence-electron chi connectivity index (χ1n) is 8.87. The van der Waals surface area contributed by atoms with Crippen LogP contribution in [0.25, 0.3) is 10.9 Å². The summed E-state index contributed by atoms with van der Waals surface area (Å²) < 4.78 is 0. The average molecular weight is 292 g/mol. The van der Waals surface area contributed by atoms with Crippen molar-refractivity contribution in [1.82, 2.24) is 4.98 Å². The molecule has 1 aromatic carbocycles. The van der Waals surface area contributed by atoms with Crippen LogP contribution in [0.5, 0.6) is 0 Å². The van der Waals surface area contributed by atoms with E-state index in [1.807, 2.05) is 12.3 Å². The molecule has 4 fully saturated rings. The minimum absolute atomic E-state index is 0.596. The number of hydrogen-bond donors (Lipinski definition) is 1. The third-order valence-electron chi connectivity index (χ3n) is 6.44. The van der Waals surface area contributed by atoms with Gasteiger partial charge in [0.1, 0.15) is 0 Å². The van der Waals surface area contributed by atoms with Crippen LogP contribution in [-0.2, 0) is 0 Å². The van der Waals surface area contributed by atoms with Gasteiger partial charge in [-0.15, -0.1) is 0 Å². The van der Waals surface area contributed by atoms with Crippen molar-refractivity contribution in [3.05, 3.63) is 36.5 Å². The fraction of sp³-hybridized carbons (Fsp3) is 0.550. The van der Waals surface area contributed by atoms with Crippen LogP contribution in [-0.4, -0.2) is 11.5 Å². The second-order valence-electron chi connectivity index (χ2n) is 8.18. The molecule has 4 saturated carbocycles. The van der Waals surface area contributed by atoms with Crippen molar-refractivity contribution in [3.8, 4) is 0 Å². The monoisotopic (exact) mass is 292 g/mol. The number of benzene rings is 1. The van der Waals surface area contributed by atoms with Crippen molar-refractivity contribution >= 4 is 16.6 Å². The summed E-state index contributed by atoms with van der Waals surface area (Å²) in [5.41, 5.74) is 2.94. The largest absolute Gasteiger partial charge is 0.384 e. The summed E-state index contributed by atoms with van der Waals surface area (Å²) in [5.74, 6) is 3.11. The summed E-state index contributed by atoms with van der Waals surface area (Å²) in [4.78, 5) is 4.41. The molecule has 0 atom stereocenters. The first kappa shape index (κ1) is 12.9. The van der Waals surface area contributed by atoms with Crippen LogP contribution >= 0.6 is 0 Å². The summed E-state index contributed by atoms with van der Waals surface area (Å²) in [6, 6.07) is 10.7. The van der Waals surface area contributed by atoms with Gasteiger partial charge < -0.3 is 5.32 Å². The van der Waals surface area contributed by atoms with Crippen LogP contribution in [0.3, 0.4) is 0 Å². The normalized spacial score (nSPS) is 35.9. The van der Waals surface area contributed by atoms with E-state index in [9.17, 15) is 0 Å². The summed E-state index contributed by atoms with van der Waals surface area (Å²) in [6.07, 6.45) is 10.9. The highest BCUT2D eigenvalue weighted by atomic mass is 14.9. The number of aromatic nitrogens is 1. The molecule has 6 rings (SSSR count). The Bertz CT molecular complexity index is 670. The second kappa shape index (κ2) is 4.71. The number of hydrogen-bond acceptors (Lipinski definition) is 2. The van der Waals surface area contributed by atoms with Gasteiger partial charge in [-0.1, -0.05) is 6.07 Å². The molecule has 4 bridgehead atoms. The number of nitrogens with one attached hydrogen (secondary N) is 1. The molecule has 1 N–H and O–H groups in total.